The summed E-state index contributed by atoms with van der Waals surface area (Å²) in [7, 11) is 4.87. The largest absolute Gasteiger partial charge is 0.496 e. The first-order valence-corrected chi connectivity index (χ1v) is 7.47. The Balaban J connectivity index is 2.41. The van der Waals surface area contributed by atoms with E-state index in [4.69, 9.17) is 14.2 Å². The van der Waals surface area contributed by atoms with Gasteiger partial charge in [0.25, 0.3) is 5.88 Å². The van der Waals surface area contributed by atoms with Crippen LogP contribution in [0.25, 0.3) is 0 Å². The Hall–Kier alpha value is -1.54. The third kappa shape index (κ3) is 3.38. The molecule has 1 N–H and O–H groups in total. The molecule has 1 aromatic carbocycles. The van der Waals surface area contributed by atoms with Crippen molar-refractivity contribution in [2.24, 2.45) is 0 Å². The van der Waals surface area contributed by atoms with Crippen LogP contribution in [0.4, 0.5) is 5.82 Å². The molecule has 0 spiro atoms. The Morgan fingerprint density at radius 3 is 2.29 bits per heavy atom. The second-order valence-corrected chi connectivity index (χ2v) is 5.54. The minimum Gasteiger partial charge on any atom is -0.496 e. The van der Waals surface area contributed by atoms with Gasteiger partial charge in [-0.15, -0.1) is 0 Å². The lowest BCUT2D eigenvalue weighted by Crippen LogP contribution is -2.01. The van der Waals surface area contributed by atoms with E-state index in [1.807, 2.05) is 0 Å². The Morgan fingerprint density at radius 2 is 1.67 bits per heavy atom. The molecule has 0 unspecified atom stereocenters. The molecule has 6 nitrogen and oxygen atoms in total. The fourth-order valence-electron chi connectivity index (χ4n) is 1.64. The maximum Gasteiger partial charge on any atom is 0.268 e. The average Bonchev–Trinajstić information content (AvgIpc) is 2.50. The molecule has 21 heavy (non-hydrogen) atoms. The van der Waals surface area contributed by atoms with E-state index in [9.17, 15) is 0 Å². The summed E-state index contributed by atoms with van der Waals surface area (Å²) in [6.45, 7) is 0. The summed E-state index contributed by atoms with van der Waals surface area (Å²) in [5, 5.41) is 2.92. The van der Waals surface area contributed by atoms with Gasteiger partial charge in [-0.2, -0.15) is 4.98 Å². The number of nitrogens with one attached hydrogen (secondary N) is 1. The highest BCUT2D eigenvalue weighted by Gasteiger charge is 2.16. The molecule has 1 heterocycles. The van der Waals surface area contributed by atoms with Crippen LogP contribution in [0.1, 0.15) is 0 Å². The Kier molecular flexibility index (Phi) is 5.24. The Bertz CT molecular complexity index is 653. The number of methoxy groups -OCH3 is 2. The zero-order valence-electron chi connectivity index (χ0n) is 11.6. The van der Waals surface area contributed by atoms with E-state index in [0.29, 0.717) is 28.9 Å². The number of nitrogens with zero attached hydrogens (tertiary/aromatic N) is 2. The molecule has 8 heteroatoms. The molecule has 0 atom stereocenters. The summed E-state index contributed by atoms with van der Waals surface area (Å²) in [5.74, 6) is 2.56. The van der Waals surface area contributed by atoms with Gasteiger partial charge in [0.2, 0.25) is 5.75 Å². The molecule has 0 aliphatic carbocycles. The molecule has 0 aliphatic heterocycles. The second-order valence-electron chi connectivity index (χ2n) is 3.83. The Morgan fingerprint density at radius 1 is 1.00 bits per heavy atom. The highest BCUT2D eigenvalue weighted by molar-refractivity contribution is 9.11. The minimum absolute atomic E-state index is 0.314. The van der Waals surface area contributed by atoms with Gasteiger partial charge in [0, 0.05) is 7.05 Å². The number of rotatable bonds is 5. The first-order chi connectivity index (χ1) is 10.1. The van der Waals surface area contributed by atoms with Gasteiger partial charge < -0.3 is 19.5 Å². The number of hydrogen-bond acceptors (Lipinski definition) is 6. The summed E-state index contributed by atoms with van der Waals surface area (Å²) >= 11 is 6.85. The number of anilines is 1. The normalized spacial score (nSPS) is 10.1. The van der Waals surface area contributed by atoms with Crippen molar-refractivity contribution in [1.29, 1.82) is 0 Å². The zero-order chi connectivity index (χ0) is 15.4. The fourth-order valence-corrected chi connectivity index (χ4v) is 2.53. The smallest absolute Gasteiger partial charge is 0.268 e. The van der Waals surface area contributed by atoms with Crippen LogP contribution in [0, 0.1) is 0 Å². The van der Waals surface area contributed by atoms with Gasteiger partial charge in [0.1, 0.15) is 17.8 Å². The van der Waals surface area contributed by atoms with Crippen molar-refractivity contribution in [3.05, 3.63) is 27.4 Å². The highest BCUT2D eigenvalue weighted by Crippen LogP contribution is 2.40. The maximum atomic E-state index is 5.81. The van der Waals surface area contributed by atoms with Crippen molar-refractivity contribution in [1.82, 2.24) is 9.97 Å². The van der Waals surface area contributed by atoms with E-state index < -0.39 is 0 Å². The van der Waals surface area contributed by atoms with Crippen molar-refractivity contribution < 1.29 is 14.2 Å². The van der Waals surface area contributed by atoms with Gasteiger partial charge in [-0.1, -0.05) is 0 Å². The zero-order valence-corrected chi connectivity index (χ0v) is 14.8. The topological polar surface area (TPSA) is 65.5 Å². The quantitative estimate of drug-likeness (QED) is 0.795. The van der Waals surface area contributed by atoms with E-state index >= 15 is 0 Å². The maximum absolute atomic E-state index is 5.81. The summed E-state index contributed by atoms with van der Waals surface area (Å²) in [5.41, 5.74) is 0. The average molecular weight is 419 g/mol. The third-order valence-corrected chi connectivity index (χ3v) is 3.86. The molecule has 0 fully saturated rings. The van der Waals surface area contributed by atoms with Crippen molar-refractivity contribution >= 4 is 37.7 Å². The molecule has 0 amide bonds. The number of halogens is 2. The third-order valence-electron chi connectivity index (χ3n) is 2.63. The summed E-state index contributed by atoms with van der Waals surface area (Å²) in [6, 6.07) is 3.58. The molecular weight excluding hydrogens is 406 g/mol. The van der Waals surface area contributed by atoms with Gasteiger partial charge in [0.15, 0.2) is 5.82 Å². The second kappa shape index (κ2) is 6.95. The van der Waals surface area contributed by atoms with Crippen LogP contribution in [0.5, 0.6) is 23.1 Å². The van der Waals surface area contributed by atoms with Crippen LogP contribution in [0.15, 0.2) is 27.4 Å². The van der Waals surface area contributed by atoms with Gasteiger partial charge >= 0.3 is 0 Å². The van der Waals surface area contributed by atoms with E-state index in [1.165, 1.54) is 13.4 Å². The van der Waals surface area contributed by atoms with Crippen LogP contribution < -0.4 is 19.5 Å². The molecule has 0 radical (unpaired) electrons. The monoisotopic (exact) mass is 417 g/mol. The lowest BCUT2D eigenvalue weighted by atomic mass is 10.3. The lowest BCUT2D eigenvalue weighted by Gasteiger charge is -2.13. The predicted octanol–water partition coefficient (Wildman–Crippen LogP) is 3.85. The molecular formula is C13H13Br2N3O3. The van der Waals surface area contributed by atoms with Crippen molar-refractivity contribution in [2.75, 3.05) is 26.6 Å². The number of benzene rings is 1. The van der Waals surface area contributed by atoms with Crippen LogP contribution in [0.2, 0.25) is 0 Å². The van der Waals surface area contributed by atoms with Crippen LogP contribution in [0.3, 0.4) is 0 Å². The summed E-state index contributed by atoms with van der Waals surface area (Å²) in [6.07, 6.45) is 1.40. The highest BCUT2D eigenvalue weighted by atomic mass is 79.9. The lowest BCUT2D eigenvalue weighted by molar-refractivity contribution is 0.367. The van der Waals surface area contributed by atoms with Gasteiger partial charge in [-0.3, -0.25) is 0 Å². The standard InChI is InChI=1S/C13H13Br2N3O3/c1-16-12-11(20-3)13(18-6-17-12)21-10-5-7(14)9(19-2)4-8(10)15/h4-6H,1-3H3,(H,16,17,18). The van der Waals surface area contributed by atoms with Crippen LogP contribution in [-0.4, -0.2) is 31.2 Å². The van der Waals surface area contributed by atoms with Gasteiger partial charge in [-0.05, 0) is 44.0 Å². The first-order valence-electron chi connectivity index (χ1n) is 5.88. The van der Waals surface area contributed by atoms with Crippen LogP contribution in [-0.2, 0) is 0 Å². The minimum atomic E-state index is 0.314. The first kappa shape index (κ1) is 15.8. The van der Waals surface area contributed by atoms with Gasteiger partial charge in [-0.25, -0.2) is 4.98 Å². The van der Waals surface area contributed by atoms with E-state index in [0.717, 1.165) is 8.95 Å². The number of aromatic nitrogens is 2. The molecule has 2 aromatic rings. The van der Waals surface area contributed by atoms with Crippen molar-refractivity contribution in [3.63, 3.8) is 0 Å². The molecule has 112 valence electrons. The van der Waals surface area contributed by atoms with Crippen molar-refractivity contribution in [2.45, 2.75) is 0 Å². The molecule has 2 rings (SSSR count). The number of ether oxygens (including phenoxy) is 3. The fraction of sp³-hybridized carbons (Fsp3) is 0.231. The molecule has 0 saturated carbocycles. The van der Waals surface area contributed by atoms with Crippen LogP contribution >= 0.6 is 31.9 Å². The molecule has 0 saturated heterocycles. The summed E-state index contributed by atoms with van der Waals surface area (Å²) in [4.78, 5) is 8.17. The molecule has 0 bridgehead atoms. The summed E-state index contributed by atoms with van der Waals surface area (Å²) < 4.78 is 17.8. The van der Waals surface area contributed by atoms with E-state index in [-0.39, 0.29) is 0 Å². The van der Waals surface area contributed by atoms with Gasteiger partial charge in [0.05, 0.1) is 23.2 Å². The molecule has 1 aromatic heterocycles. The molecule has 0 aliphatic rings. The van der Waals surface area contributed by atoms with E-state index in [1.54, 1.807) is 26.3 Å². The predicted molar refractivity (Wildman–Crippen MR) is 86.6 cm³/mol. The van der Waals surface area contributed by atoms with E-state index in [2.05, 4.69) is 47.1 Å². The number of hydrogen-bond donors (Lipinski definition) is 1. The Labute approximate surface area is 139 Å². The van der Waals surface area contributed by atoms with Crippen molar-refractivity contribution in [3.8, 4) is 23.1 Å². The SMILES string of the molecule is CNc1ncnc(Oc2cc(Br)c(OC)cc2Br)c1OC.